The summed E-state index contributed by atoms with van der Waals surface area (Å²) in [5, 5.41) is 13.4. The highest BCUT2D eigenvalue weighted by Gasteiger charge is 2.20. The van der Waals surface area contributed by atoms with Crippen LogP contribution in [-0.2, 0) is 14.1 Å². The molecule has 102 valence electrons. The topological polar surface area (TPSA) is 72.9 Å². The second kappa shape index (κ2) is 4.45. The Labute approximate surface area is 122 Å². The van der Waals surface area contributed by atoms with Crippen molar-refractivity contribution in [2.75, 3.05) is 0 Å². The molecule has 2 aromatic heterocycles. The van der Waals surface area contributed by atoms with Gasteiger partial charge in [-0.15, -0.1) is 0 Å². The first kappa shape index (κ1) is 12.9. The summed E-state index contributed by atoms with van der Waals surface area (Å²) in [4.78, 5) is 15.5. The lowest BCUT2D eigenvalue weighted by molar-refractivity contribution is 0.0684. The van der Waals surface area contributed by atoms with Crippen LogP contribution in [0.15, 0.2) is 29.0 Å². The summed E-state index contributed by atoms with van der Waals surface area (Å²) >= 11 is 3.32. The van der Waals surface area contributed by atoms with Crippen molar-refractivity contribution in [2.45, 2.75) is 0 Å². The summed E-state index contributed by atoms with van der Waals surface area (Å²) < 4.78 is 3.75. The van der Waals surface area contributed by atoms with Crippen molar-refractivity contribution in [1.82, 2.24) is 19.3 Å². The fourth-order valence-electron chi connectivity index (χ4n) is 2.20. The molecule has 0 aliphatic rings. The maximum absolute atomic E-state index is 11.2. The molecule has 0 atom stereocenters. The highest BCUT2D eigenvalue weighted by atomic mass is 79.9. The van der Waals surface area contributed by atoms with Gasteiger partial charge < -0.3 is 9.67 Å². The van der Waals surface area contributed by atoms with Gasteiger partial charge in [-0.3, -0.25) is 4.68 Å². The lowest BCUT2D eigenvalue weighted by Gasteiger charge is -1.99. The van der Waals surface area contributed by atoms with Crippen LogP contribution in [-0.4, -0.2) is 30.4 Å². The molecule has 20 heavy (non-hydrogen) atoms. The predicted octanol–water partition coefficient (Wildman–Crippen LogP) is 2.43. The van der Waals surface area contributed by atoms with Gasteiger partial charge in [0.1, 0.15) is 5.69 Å². The molecule has 0 aliphatic heterocycles. The van der Waals surface area contributed by atoms with E-state index in [0.29, 0.717) is 10.2 Å². The van der Waals surface area contributed by atoms with Crippen LogP contribution in [0.1, 0.15) is 10.5 Å². The van der Waals surface area contributed by atoms with Gasteiger partial charge in [0, 0.05) is 19.7 Å². The molecular formula is C13H11BrN4O2. The predicted molar refractivity (Wildman–Crippen MR) is 77.6 cm³/mol. The van der Waals surface area contributed by atoms with E-state index in [1.165, 1.54) is 4.68 Å². The summed E-state index contributed by atoms with van der Waals surface area (Å²) in [6.07, 6.45) is 1.74. The minimum atomic E-state index is -1.02. The number of hydrogen-bond acceptors (Lipinski definition) is 3. The van der Waals surface area contributed by atoms with Crippen molar-refractivity contribution >= 4 is 32.9 Å². The summed E-state index contributed by atoms with van der Waals surface area (Å²) in [6.45, 7) is 0. The zero-order valence-electron chi connectivity index (χ0n) is 10.8. The molecular weight excluding hydrogens is 324 g/mol. The first-order valence-corrected chi connectivity index (χ1v) is 6.65. The first-order chi connectivity index (χ1) is 9.49. The molecule has 0 amide bonds. The van der Waals surface area contributed by atoms with E-state index in [0.717, 1.165) is 16.6 Å². The number of aryl methyl sites for hydroxylation is 2. The summed E-state index contributed by atoms with van der Waals surface area (Å²) in [5.41, 5.74) is 3.41. The number of nitrogens with zero attached hydrogens (tertiary/aromatic N) is 4. The summed E-state index contributed by atoms with van der Waals surface area (Å²) in [7, 11) is 3.53. The fourth-order valence-corrected chi connectivity index (χ4v) is 2.93. The Morgan fingerprint density at radius 1 is 1.35 bits per heavy atom. The average Bonchev–Trinajstić information content (AvgIpc) is 2.90. The minimum absolute atomic E-state index is 0.126. The number of aromatic carboxylic acids is 1. The zero-order chi connectivity index (χ0) is 14.4. The van der Waals surface area contributed by atoms with Crippen LogP contribution in [0.2, 0.25) is 0 Å². The second-order valence-corrected chi connectivity index (χ2v) is 5.29. The number of benzene rings is 1. The molecule has 0 unspecified atom stereocenters. The highest BCUT2D eigenvalue weighted by molar-refractivity contribution is 9.10. The van der Waals surface area contributed by atoms with Crippen LogP contribution < -0.4 is 0 Å². The maximum atomic E-state index is 11.2. The Hall–Kier alpha value is -2.15. The lowest BCUT2D eigenvalue weighted by atomic mass is 10.1. The number of fused-ring (bicyclic) bond motifs is 1. The van der Waals surface area contributed by atoms with Crippen LogP contribution in [0.25, 0.3) is 22.3 Å². The van der Waals surface area contributed by atoms with Gasteiger partial charge in [0.25, 0.3) is 0 Å². The number of halogens is 1. The van der Waals surface area contributed by atoms with Gasteiger partial charge >= 0.3 is 5.97 Å². The highest BCUT2D eigenvalue weighted by Crippen LogP contribution is 2.31. The second-order valence-electron chi connectivity index (χ2n) is 4.50. The molecule has 1 aromatic carbocycles. The molecule has 0 fully saturated rings. The Morgan fingerprint density at radius 2 is 2.10 bits per heavy atom. The third-order valence-corrected chi connectivity index (χ3v) is 3.94. The van der Waals surface area contributed by atoms with Gasteiger partial charge in [-0.2, -0.15) is 5.10 Å². The van der Waals surface area contributed by atoms with E-state index < -0.39 is 5.97 Å². The molecule has 0 spiro atoms. The number of carbonyl (C=O) groups is 1. The Kier molecular flexibility index (Phi) is 2.86. The van der Waals surface area contributed by atoms with E-state index in [-0.39, 0.29) is 5.69 Å². The van der Waals surface area contributed by atoms with Crippen LogP contribution >= 0.6 is 15.9 Å². The molecule has 0 radical (unpaired) electrons. The molecule has 0 aliphatic carbocycles. The minimum Gasteiger partial charge on any atom is -0.476 e. The molecule has 1 N–H and O–H groups in total. The van der Waals surface area contributed by atoms with Crippen LogP contribution in [0, 0.1) is 0 Å². The number of rotatable bonds is 2. The molecule has 6 nitrogen and oxygen atoms in total. The molecule has 0 saturated carbocycles. The van der Waals surface area contributed by atoms with Crippen LogP contribution in [0.4, 0.5) is 0 Å². The van der Waals surface area contributed by atoms with Crippen molar-refractivity contribution in [3.8, 4) is 11.3 Å². The largest absolute Gasteiger partial charge is 0.476 e. The fraction of sp³-hybridized carbons (Fsp3) is 0.154. The normalized spacial score (nSPS) is 11.2. The number of carboxylic acid groups (broad SMARTS) is 1. The molecule has 2 heterocycles. The number of hydrogen-bond donors (Lipinski definition) is 1. The third-order valence-electron chi connectivity index (χ3n) is 3.19. The van der Waals surface area contributed by atoms with Crippen molar-refractivity contribution in [2.24, 2.45) is 14.1 Å². The van der Waals surface area contributed by atoms with Gasteiger partial charge in [0.2, 0.25) is 0 Å². The van der Waals surface area contributed by atoms with Gasteiger partial charge in [0.15, 0.2) is 5.69 Å². The van der Waals surface area contributed by atoms with Crippen molar-refractivity contribution in [3.63, 3.8) is 0 Å². The number of aromatic nitrogens is 4. The number of imidazole rings is 1. The number of carboxylic acids is 1. The van der Waals surface area contributed by atoms with Crippen LogP contribution in [0.3, 0.4) is 0 Å². The van der Waals surface area contributed by atoms with Crippen molar-refractivity contribution < 1.29 is 9.90 Å². The van der Waals surface area contributed by atoms with Gasteiger partial charge in [-0.1, -0.05) is 6.07 Å². The van der Waals surface area contributed by atoms with E-state index >= 15 is 0 Å². The maximum Gasteiger partial charge on any atom is 0.355 e. The third kappa shape index (κ3) is 1.82. The first-order valence-electron chi connectivity index (χ1n) is 5.86. The SMILES string of the molecule is Cn1nc(-c2ccc3c(c2)ncn3C)c(Br)c1C(=O)O. The molecule has 3 aromatic rings. The van der Waals surface area contributed by atoms with Crippen molar-refractivity contribution in [1.29, 1.82) is 0 Å². The summed E-state index contributed by atoms with van der Waals surface area (Å²) in [6, 6.07) is 5.75. The van der Waals surface area contributed by atoms with E-state index in [1.54, 1.807) is 13.4 Å². The smallest absolute Gasteiger partial charge is 0.355 e. The van der Waals surface area contributed by atoms with Gasteiger partial charge in [-0.25, -0.2) is 9.78 Å². The van der Waals surface area contributed by atoms with Gasteiger partial charge in [-0.05, 0) is 28.1 Å². The molecule has 0 bridgehead atoms. The monoisotopic (exact) mass is 334 g/mol. The van der Waals surface area contributed by atoms with Crippen LogP contribution in [0.5, 0.6) is 0 Å². The van der Waals surface area contributed by atoms with E-state index in [1.807, 2.05) is 29.8 Å². The molecule has 0 saturated heterocycles. The van der Waals surface area contributed by atoms with E-state index in [2.05, 4.69) is 26.0 Å². The van der Waals surface area contributed by atoms with Gasteiger partial charge in [0.05, 0.1) is 21.8 Å². The standard InChI is InChI=1S/C13H11BrN4O2/c1-17-6-15-8-5-7(3-4-9(8)17)11-10(14)12(13(19)20)18(2)16-11/h3-6H,1-2H3,(H,19,20). The Balaban J connectivity index is 2.20. The quantitative estimate of drug-likeness (QED) is 0.781. The Morgan fingerprint density at radius 3 is 2.75 bits per heavy atom. The van der Waals surface area contributed by atoms with E-state index in [9.17, 15) is 9.90 Å². The Bertz CT molecular complexity index is 834. The summed E-state index contributed by atoms with van der Waals surface area (Å²) in [5.74, 6) is -1.02. The van der Waals surface area contributed by atoms with Crippen molar-refractivity contribution in [3.05, 3.63) is 34.7 Å². The molecule has 3 rings (SSSR count). The lowest BCUT2D eigenvalue weighted by Crippen LogP contribution is -2.05. The molecule has 7 heteroatoms. The van der Waals surface area contributed by atoms with E-state index in [4.69, 9.17) is 0 Å². The zero-order valence-corrected chi connectivity index (χ0v) is 12.4. The average molecular weight is 335 g/mol.